The van der Waals surface area contributed by atoms with Crippen molar-refractivity contribution in [1.82, 2.24) is 5.32 Å². The van der Waals surface area contributed by atoms with Gasteiger partial charge in [0.1, 0.15) is 6.04 Å². The van der Waals surface area contributed by atoms with Crippen LogP contribution in [-0.4, -0.2) is 19.1 Å². The Balaban J connectivity index is 1.99. The smallest absolute Gasteiger partial charge is 0.323 e. The van der Waals surface area contributed by atoms with Gasteiger partial charge in [0.25, 0.3) is 0 Å². The van der Waals surface area contributed by atoms with Gasteiger partial charge in [0.2, 0.25) is 0 Å². The summed E-state index contributed by atoms with van der Waals surface area (Å²) in [5.41, 5.74) is 2.16. The first-order chi connectivity index (χ1) is 10.2. The van der Waals surface area contributed by atoms with E-state index < -0.39 is 0 Å². The monoisotopic (exact) mass is 303 g/mol. The molecule has 21 heavy (non-hydrogen) atoms. The Labute approximate surface area is 129 Å². The molecule has 0 radical (unpaired) electrons. The van der Waals surface area contributed by atoms with Crippen molar-refractivity contribution in [1.29, 1.82) is 0 Å². The Morgan fingerprint density at radius 2 is 1.76 bits per heavy atom. The number of nitrogens with one attached hydrogen (secondary N) is 1. The first-order valence-electron chi connectivity index (χ1n) is 6.78. The number of ether oxygens (including phenoxy) is 1. The standard InChI is InChI=1S/C17H18ClNO2/c1-21-17(20)16(11-13-5-3-2-4-6-13)19-12-14-7-9-15(18)10-8-14/h2-10,16,19H,11-12H2,1H3. The molecule has 1 N–H and O–H groups in total. The van der Waals surface area contributed by atoms with Gasteiger partial charge in [-0.25, -0.2) is 0 Å². The van der Waals surface area contributed by atoms with E-state index in [0.29, 0.717) is 18.0 Å². The summed E-state index contributed by atoms with van der Waals surface area (Å²) in [6.45, 7) is 0.587. The quantitative estimate of drug-likeness (QED) is 0.833. The zero-order valence-corrected chi connectivity index (χ0v) is 12.6. The van der Waals surface area contributed by atoms with Crippen LogP contribution in [-0.2, 0) is 22.5 Å². The second kappa shape index (κ2) is 7.81. The van der Waals surface area contributed by atoms with Crippen LogP contribution < -0.4 is 5.32 Å². The fourth-order valence-corrected chi connectivity index (χ4v) is 2.20. The first-order valence-corrected chi connectivity index (χ1v) is 7.16. The van der Waals surface area contributed by atoms with Gasteiger partial charge < -0.3 is 10.1 Å². The molecule has 0 heterocycles. The normalized spacial score (nSPS) is 11.9. The predicted molar refractivity (Wildman–Crippen MR) is 84.2 cm³/mol. The molecular weight excluding hydrogens is 286 g/mol. The van der Waals surface area contributed by atoms with E-state index in [9.17, 15) is 4.79 Å². The maximum Gasteiger partial charge on any atom is 0.323 e. The molecule has 0 bridgehead atoms. The van der Waals surface area contributed by atoms with Crippen molar-refractivity contribution in [3.8, 4) is 0 Å². The summed E-state index contributed by atoms with van der Waals surface area (Å²) >= 11 is 5.86. The molecule has 0 aliphatic rings. The summed E-state index contributed by atoms with van der Waals surface area (Å²) in [5, 5.41) is 3.94. The van der Waals surface area contributed by atoms with Crippen LogP contribution in [0, 0.1) is 0 Å². The minimum atomic E-state index is -0.368. The Morgan fingerprint density at radius 3 is 2.38 bits per heavy atom. The van der Waals surface area contributed by atoms with Crippen molar-refractivity contribution in [3.63, 3.8) is 0 Å². The molecule has 4 heteroatoms. The second-order valence-corrected chi connectivity index (χ2v) is 5.21. The van der Waals surface area contributed by atoms with Crippen molar-refractivity contribution in [3.05, 3.63) is 70.7 Å². The summed E-state index contributed by atoms with van der Waals surface area (Å²) in [7, 11) is 1.41. The average molecular weight is 304 g/mol. The molecule has 0 saturated carbocycles. The second-order valence-electron chi connectivity index (χ2n) is 4.77. The fourth-order valence-electron chi connectivity index (χ4n) is 2.07. The van der Waals surface area contributed by atoms with E-state index in [0.717, 1.165) is 11.1 Å². The number of carbonyl (C=O) groups is 1. The number of carbonyl (C=O) groups excluding carboxylic acids is 1. The third-order valence-corrected chi connectivity index (χ3v) is 3.49. The Hall–Kier alpha value is -1.84. The molecule has 2 rings (SSSR count). The highest BCUT2D eigenvalue weighted by Crippen LogP contribution is 2.10. The van der Waals surface area contributed by atoms with Gasteiger partial charge in [0, 0.05) is 11.6 Å². The molecule has 2 aromatic carbocycles. The van der Waals surface area contributed by atoms with Gasteiger partial charge in [-0.2, -0.15) is 0 Å². The number of hydrogen-bond acceptors (Lipinski definition) is 3. The topological polar surface area (TPSA) is 38.3 Å². The highest BCUT2D eigenvalue weighted by atomic mass is 35.5. The van der Waals surface area contributed by atoms with Crippen molar-refractivity contribution in [2.24, 2.45) is 0 Å². The molecule has 0 amide bonds. The number of esters is 1. The van der Waals surface area contributed by atoms with Crippen LogP contribution in [0.15, 0.2) is 54.6 Å². The maximum absolute atomic E-state index is 11.9. The van der Waals surface area contributed by atoms with Gasteiger partial charge in [0.15, 0.2) is 0 Å². The first kappa shape index (κ1) is 15.5. The third kappa shape index (κ3) is 4.88. The third-order valence-electron chi connectivity index (χ3n) is 3.23. The van der Waals surface area contributed by atoms with Gasteiger partial charge in [-0.3, -0.25) is 4.79 Å². The lowest BCUT2D eigenvalue weighted by atomic mass is 10.1. The van der Waals surface area contributed by atoms with Crippen molar-refractivity contribution < 1.29 is 9.53 Å². The molecular formula is C17H18ClNO2. The zero-order valence-electron chi connectivity index (χ0n) is 11.9. The van der Waals surface area contributed by atoms with Crippen LogP contribution in [0.1, 0.15) is 11.1 Å². The minimum absolute atomic E-state index is 0.257. The van der Waals surface area contributed by atoms with Gasteiger partial charge in [-0.1, -0.05) is 54.1 Å². The summed E-state index contributed by atoms with van der Waals surface area (Å²) < 4.78 is 4.87. The summed E-state index contributed by atoms with van der Waals surface area (Å²) in [4.78, 5) is 11.9. The van der Waals surface area contributed by atoms with Gasteiger partial charge in [0.05, 0.1) is 7.11 Å². The van der Waals surface area contributed by atoms with E-state index in [-0.39, 0.29) is 12.0 Å². The van der Waals surface area contributed by atoms with Gasteiger partial charge in [-0.05, 0) is 29.7 Å². The Bertz CT molecular complexity index is 569. The molecule has 0 fully saturated rings. The molecule has 110 valence electrons. The van der Waals surface area contributed by atoms with E-state index in [1.54, 1.807) is 0 Å². The lowest BCUT2D eigenvalue weighted by Gasteiger charge is -2.16. The Kier molecular flexibility index (Phi) is 5.78. The van der Waals surface area contributed by atoms with Crippen LogP contribution >= 0.6 is 11.6 Å². The summed E-state index contributed by atoms with van der Waals surface area (Å²) in [6.07, 6.45) is 0.598. The molecule has 3 nitrogen and oxygen atoms in total. The van der Waals surface area contributed by atoms with Crippen LogP contribution in [0.3, 0.4) is 0 Å². The fraction of sp³-hybridized carbons (Fsp3) is 0.235. The number of rotatable bonds is 6. The lowest BCUT2D eigenvalue weighted by Crippen LogP contribution is -2.39. The van der Waals surface area contributed by atoms with Crippen molar-refractivity contribution in [2.75, 3.05) is 7.11 Å². The predicted octanol–water partition coefficient (Wildman–Crippen LogP) is 3.21. The lowest BCUT2D eigenvalue weighted by molar-refractivity contribution is -0.143. The zero-order chi connectivity index (χ0) is 15.1. The molecule has 0 aliphatic carbocycles. The van der Waals surface area contributed by atoms with E-state index in [1.807, 2.05) is 54.6 Å². The van der Waals surface area contributed by atoms with Crippen LogP contribution in [0.5, 0.6) is 0 Å². The molecule has 1 unspecified atom stereocenters. The largest absolute Gasteiger partial charge is 0.468 e. The highest BCUT2D eigenvalue weighted by Gasteiger charge is 2.18. The highest BCUT2D eigenvalue weighted by molar-refractivity contribution is 6.30. The van der Waals surface area contributed by atoms with E-state index in [2.05, 4.69) is 5.32 Å². The van der Waals surface area contributed by atoms with Crippen LogP contribution in [0.25, 0.3) is 0 Å². The number of benzene rings is 2. The van der Waals surface area contributed by atoms with Gasteiger partial charge >= 0.3 is 5.97 Å². The molecule has 0 spiro atoms. The average Bonchev–Trinajstić information content (AvgIpc) is 2.53. The van der Waals surface area contributed by atoms with E-state index in [4.69, 9.17) is 16.3 Å². The minimum Gasteiger partial charge on any atom is -0.468 e. The van der Waals surface area contributed by atoms with Gasteiger partial charge in [-0.15, -0.1) is 0 Å². The Morgan fingerprint density at radius 1 is 1.10 bits per heavy atom. The number of methoxy groups -OCH3 is 1. The maximum atomic E-state index is 11.9. The molecule has 2 aromatic rings. The molecule has 0 saturated heterocycles. The van der Waals surface area contributed by atoms with E-state index >= 15 is 0 Å². The molecule has 0 aliphatic heterocycles. The molecule has 1 atom stereocenters. The SMILES string of the molecule is COC(=O)C(Cc1ccccc1)NCc1ccc(Cl)cc1. The summed E-state index contributed by atoms with van der Waals surface area (Å²) in [5.74, 6) is -0.257. The van der Waals surface area contributed by atoms with Crippen molar-refractivity contribution >= 4 is 17.6 Å². The number of hydrogen-bond donors (Lipinski definition) is 1. The molecule has 0 aromatic heterocycles. The van der Waals surface area contributed by atoms with Crippen LogP contribution in [0.4, 0.5) is 0 Å². The van der Waals surface area contributed by atoms with Crippen molar-refractivity contribution in [2.45, 2.75) is 19.0 Å². The number of halogens is 1. The summed E-state index contributed by atoms with van der Waals surface area (Å²) in [6, 6.07) is 17.1. The van der Waals surface area contributed by atoms with Crippen LogP contribution in [0.2, 0.25) is 5.02 Å². The van der Waals surface area contributed by atoms with E-state index in [1.165, 1.54) is 7.11 Å².